The largest absolute Gasteiger partial charge is 0.309 e. The fourth-order valence-electron chi connectivity index (χ4n) is 2.48. The minimum Gasteiger partial charge on any atom is -0.309 e. The topological polar surface area (TPSA) is 29.9 Å². The molecule has 1 heterocycles. The van der Waals surface area contributed by atoms with Crippen molar-refractivity contribution in [2.45, 2.75) is 39.3 Å². The minimum atomic E-state index is 0.236. The fraction of sp³-hybridized carbons (Fsp3) is 0.438. The minimum absolute atomic E-state index is 0.236. The summed E-state index contributed by atoms with van der Waals surface area (Å²) in [7, 11) is 0. The lowest BCUT2D eigenvalue weighted by molar-refractivity contribution is 0.476. The Morgan fingerprint density at radius 1 is 1.29 bits per heavy atom. The Kier molecular flexibility index (Phi) is 6.27. The van der Waals surface area contributed by atoms with Gasteiger partial charge in [0.1, 0.15) is 0 Å². The van der Waals surface area contributed by atoms with Crippen molar-refractivity contribution in [3.8, 4) is 0 Å². The van der Waals surface area contributed by atoms with Crippen molar-refractivity contribution in [3.05, 3.63) is 51.2 Å². The van der Waals surface area contributed by atoms with Crippen LogP contribution in [0.2, 0.25) is 5.02 Å². The summed E-state index contributed by atoms with van der Waals surface area (Å²) in [6, 6.07) is 8.29. The van der Waals surface area contributed by atoms with Crippen LogP contribution in [0.3, 0.4) is 0 Å². The van der Waals surface area contributed by atoms with E-state index in [-0.39, 0.29) is 6.04 Å². The Labute approximate surface area is 139 Å². The molecule has 0 spiro atoms. The van der Waals surface area contributed by atoms with Crippen LogP contribution in [0.5, 0.6) is 0 Å². The highest BCUT2D eigenvalue weighted by molar-refractivity contribution is 9.10. The number of halogens is 2. The first kappa shape index (κ1) is 16.5. The highest BCUT2D eigenvalue weighted by Crippen LogP contribution is 2.27. The van der Waals surface area contributed by atoms with Gasteiger partial charge in [-0.1, -0.05) is 37.6 Å². The van der Waals surface area contributed by atoms with Gasteiger partial charge in [0.2, 0.25) is 0 Å². The number of aryl methyl sites for hydroxylation is 1. The number of nitrogens with one attached hydrogen (secondary N) is 1. The molecule has 1 aromatic heterocycles. The van der Waals surface area contributed by atoms with Crippen LogP contribution < -0.4 is 5.32 Å². The van der Waals surface area contributed by atoms with Crippen molar-refractivity contribution in [2.24, 2.45) is 0 Å². The molecule has 0 amide bonds. The van der Waals surface area contributed by atoms with Gasteiger partial charge < -0.3 is 5.32 Å². The van der Waals surface area contributed by atoms with Crippen LogP contribution in [-0.4, -0.2) is 16.3 Å². The monoisotopic (exact) mass is 369 g/mol. The molecule has 5 heteroatoms. The second kappa shape index (κ2) is 7.97. The summed E-state index contributed by atoms with van der Waals surface area (Å²) in [5.74, 6) is 0. The lowest BCUT2D eigenvalue weighted by Gasteiger charge is -2.20. The molecule has 0 radical (unpaired) electrons. The molecule has 0 aliphatic heterocycles. The molecule has 3 nitrogen and oxygen atoms in total. The van der Waals surface area contributed by atoms with Gasteiger partial charge in [0, 0.05) is 11.6 Å². The van der Waals surface area contributed by atoms with Crippen LogP contribution in [0.15, 0.2) is 34.9 Å². The summed E-state index contributed by atoms with van der Waals surface area (Å²) in [4.78, 5) is 0. The molecule has 0 bridgehead atoms. The molecule has 0 saturated heterocycles. The highest BCUT2D eigenvalue weighted by Gasteiger charge is 2.19. The quantitative estimate of drug-likeness (QED) is 0.772. The Morgan fingerprint density at radius 2 is 2.00 bits per heavy atom. The van der Waals surface area contributed by atoms with Crippen molar-refractivity contribution in [1.29, 1.82) is 0 Å². The number of hydrogen-bond donors (Lipinski definition) is 1. The number of hydrogen-bond acceptors (Lipinski definition) is 2. The van der Waals surface area contributed by atoms with E-state index in [2.05, 4.69) is 57.0 Å². The molecule has 2 rings (SSSR count). The van der Waals surface area contributed by atoms with Crippen molar-refractivity contribution < 1.29 is 0 Å². The van der Waals surface area contributed by atoms with E-state index >= 15 is 0 Å². The zero-order chi connectivity index (χ0) is 15.2. The second-order valence-corrected chi connectivity index (χ2v) is 6.33. The molecule has 0 aliphatic carbocycles. The van der Waals surface area contributed by atoms with Gasteiger partial charge in [-0.2, -0.15) is 5.10 Å². The van der Waals surface area contributed by atoms with E-state index in [9.17, 15) is 0 Å². The summed E-state index contributed by atoms with van der Waals surface area (Å²) in [6.07, 6.45) is 3.87. The first-order valence-corrected chi connectivity index (χ1v) is 8.51. The lowest BCUT2D eigenvalue weighted by atomic mass is 10.0. The van der Waals surface area contributed by atoms with Crippen LogP contribution in [0.1, 0.15) is 37.6 Å². The molecule has 0 aliphatic rings. The van der Waals surface area contributed by atoms with Gasteiger partial charge in [0.25, 0.3) is 0 Å². The van der Waals surface area contributed by atoms with Crippen LogP contribution in [-0.2, 0) is 13.0 Å². The maximum atomic E-state index is 5.96. The lowest BCUT2D eigenvalue weighted by Crippen LogP contribution is -2.26. The van der Waals surface area contributed by atoms with Gasteiger partial charge in [-0.3, -0.25) is 4.68 Å². The van der Waals surface area contributed by atoms with Crippen molar-refractivity contribution in [1.82, 2.24) is 15.1 Å². The SMILES string of the molecule is CCCn1ncc(Br)c1C(Cc1ccc(Cl)cc1)NCC. The normalized spacial score (nSPS) is 12.6. The first-order valence-electron chi connectivity index (χ1n) is 7.34. The zero-order valence-corrected chi connectivity index (χ0v) is 14.8. The van der Waals surface area contributed by atoms with E-state index in [0.29, 0.717) is 0 Å². The number of likely N-dealkylation sites (N-methyl/N-ethyl adjacent to an activating group) is 1. The van der Waals surface area contributed by atoms with E-state index in [1.165, 1.54) is 11.3 Å². The molecule has 1 atom stereocenters. The molecular formula is C16H21BrClN3. The predicted molar refractivity (Wildman–Crippen MR) is 91.8 cm³/mol. The van der Waals surface area contributed by atoms with Crippen LogP contribution in [0.25, 0.3) is 0 Å². The predicted octanol–water partition coefficient (Wildman–Crippen LogP) is 4.60. The van der Waals surface area contributed by atoms with Crippen molar-refractivity contribution >= 4 is 27.5 Å². The molecule has 0 saturated carbocycles. The van der Waals surface area contributed by atoms with E-state index in [1.807, 2.05) is 18.3 Å². The summed E-state index contributed by atoms with van der Waals surface area (Å²) < 4.78 is 3.16. The van der Waals surface area contributed by atoms with Crippen LogP contribution >= 0.6 is 27.5 Å². The van der Waals surface area contributed by atoms with E-state index in [4.69, 9.17) is 11.6 Å². The van der Waals surface area contributed by atoms with Crippen LogP contribution in [0.4, 0.5) is 0 Å². The fourth-order valence-corrected chi connectivity index (χ4v) is 3.18. The number of aromatic nitrogens is 2. The van der Waals surface area contributed by atoms with E-state index in [0.717, 1.165) is 35.4 Å². The third-order valence-electron chi connectivity index (χ3n) is 3.40. The molecule has 114 valence electrons. The first-order chi connectivity index (χ1) is 10.2. The standard InChI is InChI=1S/C16H21BrClN3/c1-3-9-21-16(14(17)11-20-21)15(19-4-2)10-12-5-7-13(18)8-6-12/h5-8,11,15,19H,3-4,9-10H2,1-2H3. The second-order valence-electron chi connectivity index (χ2n) is 5.04. The highest BCUT2D eigenvalue weighted by atomic mass is 79.9. The van der Waals surface area contributed by atoms with Crippen LogP contribution in [0, 0.1) is 0 Å². The third-order valence-corrected chi connectivity index (χ3v) is 4.27. The summed E-state index contributed by atoms with van der Waals surface area (Å²) in [6.45, 7) is 6.15. The Hall–Kier alpha value is -0.840. The van der Waals surface area contributed by atoms with Crippen molar-refractivity contribution in [3.63, 3.8) is 0 Å². The average molecular weight is 371 g/mol. The Morgan fingerprint density at radius 3 is 2.62 bits per heavy atom. The van der Waals surface area contributed by atoms with Crippen molar-refractivity contribution in [2.75, 3.05) is 6.54 Å². The smallest absolute Gasteiger partial charge is 0.0699 e. The molecular weight excluding hydrogens is 350 g/mol. The molecule has 1 unspecified atom stereocenters. The number of benzene rings is 1. The van der Waals surface area contributed by atoms with Gasteiger partial charge in [-0.05, 0) is 53.0 Å². The molecule has 1 aromatic carbocycles. The molecule has 21 heavy (non-hydrogen) atoms. The Balaban J connectivity index is 2.26. The molecule has 0 fully saturated rings. The maximum absolute atomic E-state index is 5.96. The van der Waals surface area contributed by atoms with Gasteiger partial charge in [0.05, 0.1) is 22.4 Å². The average Bonchev–Trinajstić information content (AvgIpc) is 2.82. The van der Waals surface area contributed by atoms with Gasteiger partial charge >= 0.3 is 0 Å². The van der Waals surface area contributed by atoms with Gasteiger partial charge in [-0.15, -0.1) is 0 Å². The van der Waals surface area contributed by atoms with Gasteiger partial charge in [-0.25, -0.2) is 0 Å². The van der Waals surface area contributed by atoms with E-state index in [1.54, 1.807) is 0 Å². The number of nitrogens with zero attached hydrogens (tertiary/aromatic N) is 2. The summed E-state index contributed by atoms with van der Waals surface area (Å²) in [5.41, 5.74) is 2.48. The zero-order valence-electron chi connectivity index (χ0n) is 12.4. The summed E-state index contributed by atoms with van der Waals surface area (Å²) in [5, 5.41) is 8.81. The number of rotatable bonds is 7. The summed E-state index contributed by atoms with van der Waals surface area (Å²) >= 11 is 9.60. The third kappa shape index (κ3) is 4.31. The molecule has 1 N–H and O–H groups in total. The van der Waals surface area contributed by atoms with Gasteiger partial charge in [0.15, 0.2) is 0 Å². The maximum Gasteiger partial charge on any atom is 0.0699 e. The van der Waals surface area contributed by atoms with E-state index < -0.39 is 0 Å². The Bertz CT molecular complexity index is 565. The molecule has 2 aromatic rings.